The summed E-state index contributed by atoms with van der Waals surface area (Å²) in [4.78, 5) is 33.5. The van der Waals surface area contributed by atoms with E-state index in [1.807, 2.05) is 55.5 Å². The Morgan fingerprint density at radius 2 is 1.77 bits per heavy atom. The molecular weight excluding hydrogens is 386 g/mol. The molecule has 1 saturated heterocycles. The molecule has 0 bridgehead atoms. The summed E-state index contributed by atoms with van der Waals surface area (Å²) in [5, 5.41) is 0. The van der Waals surface area contributed by atoms with Gasteiger partial charge < -0.3 is 4.90 Å². The van der Waals surface area contributed by atoms with E-state index in [-0.39, 0.29) is 11.7 Å². The normalized spacial score (nSPS) is 14.7. The van der Waals surface area contributed by atoms with Crippen molar-refractivity contribution in [1.82, 2.24) is 19.9 Å². The van der Waals surface area contributed by atoms with Crippen LogP contribution < -0.4 is 4.90 Å². The van der Waals surface area contributed by atoms with Crippen molar-refractivity contribution >= 4 is 22.6 Å². The van der Waals surface area contributed by atoms with Crippen LogP contribution in [-0.4, -0.2) is 38.8 Å². The molecule has 4 aromatic rings. The van der Waals surface area contributed by atoms with Crippen molar-refractivity contribution in [3.05, 3.63) is 78.4 Å². The maximum Gasteiger partial charge on any atom is 0.166 e. The van der Waals surface area contributed by atoms with Crippen molar-refractivity contribution in [2.75, 3.05) is 18.0 Å². The van der Waals surface area contributed by atoms with Crippen molar-refractivity contribution < 1.29 is 4.79 Å². The Morgan fingerprint density at radius 1 is 0.968 bits per heavy atom. The van der Waals surface area contributed by atoms with Gasteiger partial charge in [0.25, 0.3) is 0 Å². The van der Waals surface area contributed by atoms with Gasteiger partial charge in [0.1, 0.15) is 5.82 Å². The van der Waals surface area contributed by atoms with Gasteiger partial charge in [-0.2, -0.15) is 0 Å². The lowest BCUT2D eigenvalue weighted by Gasteiger charge is -2.31. The van der Waals surface area contributed by atoms with Crippen molar-refractivity contribution in [3.63, 3.8) is 0 Å². The van der Waals surface area contributed by atoms with E-state index >= 15 is 0 Å². The maximum atomic E-state index is 13.2. The second-order valence-electron chi connectivity index (χ2n) is 7.92. The minimum Gasteiger partial charge on any atom is -0.355 e. The Morgan fingerprint density at radius 3 is 2.52 bits per heavy atom. The highest BCUT2D eigenvalue weighted by atomic mass is 16.1. The van der Waals surface area contributed by atoms with E-state index in [1.54, 1.807) is 18.6 Å². The van der Waals surface area contributed by atoms with Gasteiger partial charge in [-0.25, -0.2) is 15.0 Å². The second kappa shape index (κ2) is 8.22. The standard InChI is InChI=1S/C25H23N5O/c1-17-24(18-5-3-2-4-6-18)29-22-15-20(7-8-21(22)28-17)25(31)19-9-13-30(14-10-19)23-16-26-11-12-27-23/h2-8,11-12,15-16,19H,9-10,13-14H2,1H3. The minimum absolute atomic E-state index is 0.0115. The number of nitrogens with zero attached hydrogens (tertiary/aromatic N) is 5. The topological polar surface area (TPSA) is 71.9 Å². The van der Waals surface area contributed by atoms with Gasteiger partial charge in [-0.3, -0.25) is 9.78 Å². The van der Waals surface area contributed by atoms with Gasteiger partial charge in [0, 0.05) is 42.5 Å². The van der Waals surface area contributed by atoms with Gasteiger partial charge >= 0.3 is 0 Å². The Hall–Kier alpha value is -3.67. The van der Waals surface area contributed by atoms with E-state index < -0.39 is 0 Å². The van der Waals surface area contributed by atoms with Gasteiger partial charge in [0.2, 0.25) is 0 Å². The number of hydrogen-bond donors (Lipinski definition) is 0. The van der Waals surface area contributed by atoms with E-state index in [4.69, 9.17) is 9.97 Å². The first-order valence-corrected chi connectivity index (χ1v) is 10.6. The molecule has 154 valence electrons. The number of ketones is 1. The highest BCUT2D eigenvalue weighted by molar-refractivity contribution is 6.00. The summed E-state index contributed by atoms with van der Waals surface area (Å²) in [5.74, 6) is 1.07. The molecule has 2 aromatic carbocycles. The molecule has 6 heteroatoms. The second-order valence-corrected chi connectivity index (χ2v) is 7.92. The van der Waals surface area contributed by atoms with E-state index in [0.717, 1.165) is 59.7 Å². The number of benzene rings is 2. The predicted octanol–water partition coefficient (Wildman–Crippen LogP) is 4.49. The molecule has 6 nitrogen and oxygen atoms in total. The predicted molar refractivity (Wildman–Crippen MR) is 121 cm³/mol. The number of fused-ring (bicyclic) bond motifs is 1. The zero-order valence-electron chi connectivity index (χ0n) is 17.4. The molecule has 0 saturated carbocycles. The van der Waals surface area contributed by atoms with Crippen LogP contribution in [0.4, 0.5) is 5.82 Å². The molecule has 1 aliphatic heterocycles. The van der Waals surface area contributed by atoms with Gasteiger partial charge in [-0.1, -0.05) is 30.3 Å². The zero-order valence-corrected chi connectivity index (χ0v) is 17.4. The number of aryl methyl sites for hydroxylation is 1. The lowest BCUT2D eigenvalue weighted by molar-refractivity contribution is 0.0900. The van der Waals surface area contributed by atoms with Crippen molar-refractivity contribution in [1.29, 1.82) is 0 Å². The summed E-state index contributed by atoms with van der Waals surface area (Å²) in [6, 6.07) is 15.7. The van der Waals surface area contributed by atoms with Crippen LogP contribution in [0.5, 0.6) is 0 Å². The minimum atomic E-state index is 0.0115. The van der Waals surface area contributed by atoms with Gasteiger partial charge in [-0.05, 0) is 38.0 Å². The summed E-state index contributed by atoms with van der Waals surface area (Å²) in [7, 11) is 0. The molecule has 2 aromatic heterocycles. The Labute approximate surface area is 181 Å². The van der Waals surface area contributed by atoms with Crippen LogP contribution in [0.3, 0.4) is 0 Å². The van der Waals surface area contributed by atoms with E-state index in [9.17, 15) is 4.79 Å². The largest absolute Gasteiger partial charge is 0.355 e. The number of rotatable bonds is 4. The molecule has 31 heavy (non-hydrogen) atoms. The third kappa shape index (κ3) is 3.89. The maximum absolute atomic E-state index is 13.2. The van der Waals surface area contributed by atoms with E-state index in [0.29, 0.717) is 5.56 Å². The molecule has 0 spiro atoms. The Kier molecular flexibility index (Phi) is 5.12. The molecule has 0 unspecified atom stereocenters. The molecule has 3 heterocycles. The van der Waals surface area contributed by atoms with Gasteiger partial charge in [0.05, 0.1) is 28.6 Å². The number of anilines is 1. The zero-order chi connectivity index (χ0) is 21.2. The third-order valence-electron chi connectivity index (χ3n) is 5.91. The van der Waals surface area contributed by atoms with E-state index in [1.165, 1.54) is 0 Å². The number of carbonyl (C=O) groups excluding carboxylic acids is 1. The summed E-state index contributed by atoms with van der Waals surface area (Å²) in [6.45, 7) is 3.58. The quantitative estimate of drug-likeness (QED) is 0.462. The third-order valence-corrected chi connectivity index (χ3v) is 5.91. The molecule has 0 N–H and O–H groups in total. The van der Waals surface area contributed by atoms with Crippen LogP contribution in [0.15, 0.2) is 67.1 Å². The number of hydrogen-bond acceptors (Lipinski definition) is 6. The molecule has 5 rings (SSSR count). The van der Waals surface area contributed by atoms with Crippen molar-refractivity contribution in [2.24, 2.45) is 5.92 Å². The summed E-state index contributed by atoms with van der Waals surface area (Å²) >= 11 is 0. The van der Waals surface area contributed by atoms with Crippen LogP contribution in [-0.2, 0) is 0 Å². The van der Waals surface area contributed by atoms with Gasteiger partial charge in [-0.15, -0.1) is 0 Å². The van der Waals surface area contributed by atoms with Crippen LogP contribution >= 0.6 is 0 Å². The SMILES string of the molecule is Cc1nc2ccc(C(=O)C3CCN(c4cnccn4)CC3)cc2nc1-c1ccccc1. The van der Waals surface area contributed by atoms with Crippen LogP contribution in [0.25, 0.3) is 22.3 Å². The fourth-order valence-corrected chi connectivity index (χ4v) is 4.23. The molecule has 1 fully saturated rings. The fourth-order valence-electron chi connectivity index (χ4n) is 4.23. The summed E-state index contributed by atoms with van der Waals surface area (Å²) in [5.41, 5.74) is 5.05. The Balaban J connectivity index is 1.37. The lowest BCUT2D eigenvalue weighted by atomic mass is 9.88. The fraction of sp³-hybridized carbons (Fsp3) is 0.240. The molecule has 1 aliphatic rings. The summed E-state index contributed by atoms with van der Waals surface area (Å²) in [6.07, 6.45) is 6.77. The molecule has 0 aliphatic carbocycles. The molecule has 0 amide bonds. The molecule has 0 atom stereocenters. The van der Waals surface area contributed by atoms with E-state index in [2.05, 4.69) is 14.9 Å². The monoisotopic (exact) mass is 409 g/mol. The number of carbonyl (C=O) groups is 1. The Bertz CT molecular complexity index is 1220. The average molecular weight is 409 g/mol. The summed E-state index contributed by atoms with van der Waals surface area (Å²) < 4.78 is 0. The smallest absolute Gasteiger partial charge is 0.166 e. The number of Topliss-reactive ketones (excluding diaryl/α,β-unsaturated/α-hetero) is 1. The lowest BCUT2D eigenvalue weighted by Crippen LogP contribution is -2.36. The van der Waals surface area contributed by atoms with Crippen molar-refractivity contribution in [3.8, 4) is 11.3 Å². The first-order valence-electron chi connectivity index (χ1n) is 10.6. The van der Waals surface area contributed by atoms with Crippen LogP contribution in [0.1, 0.15) is 28.9 Å². The first kappa shape index (κ1) is 19.3. The number of aromatic nitrogens is 4. The highest BCUT2D eigenvalue weighted by Gasteiger charge is 2.26. The highest BCUT2D eigenvalue weighted by Crippen LogP contribution is 2.27. The number of piperidine rings is 1. The van der Waals surface area contributed by atoms with Crippen molar-refractivity contribution in [2.45, 2.75) is 19.8 Å². The average Bonchev–Trinajstić information content (AvgIpc) is 2.84. The molecule has 0 radical (unpaired) electrons. The first-order chi connectivity index (χ1) is 15.2. The van der Waals surface area contributed by atoms with Crippen LogP contribution in [0.2, 0.25) is 0 Å². The molecular formula is C25H23N5O. The van der Waals surface area contributed by atoms with Gasteiger partial charge in [0.15, 0.2) is 5.78 Å². The van der Waals surface area contributed by atoms with Crippen LogP contribution in [0, 0.1) is 12.8 Å².